The Morgan fingerprint density at radius 2 is 2.17 bits per heavy atom. The SMILES string of the molecule is CC1(Cn2c(CCCl)nc3cc(Cl)ccc32)CC1. The van der Waals surface area contributed by atoms with E-state index in [-0.39, 0.29) is 0 Å². The average Bonchev–Trinajstić information content (AvgIpc) is 2.96. The summed E-state index contributed by atoms with van der Waals surface area (Å²) < 4.78 is 2.32. The van der Waals surface area contributed by atoms with Gasteiger partial charge in [-0.3, -0.25) is 0 Å². The smallest absolute Gasteiger partial charge is 0.111 e. The summed E-state index contributed by atoms with van der Waals surface area (Å²) in [5, 5.41) is 0.738. The third-order valence-corrected chi connectivity index (χ3v) is 4.17. The van der Waals surface area contributed by atoms with E-state index in [4.69, 9.17) is 23.2 Å². The first-order valence-electron chi connectivity index (χ1n) is 6.32. The van der Waals surface area contributed by atoms with Crippen molar-refractivity contribution in [3.63, 3.8) is 0 Å². The van der Waals surface area contributed by atoms with Gasteiger partial charge in [0.15, 0.2) is 0 Å². The van der Waals surface area contributed by atoms with E-state index in [1.54, 1.807) is 0 Å². The van der Waals surface area contributed by atoms with Crippen LogP contribution in [0, 0.1) is 5.41 Å². The van der Waals surface area contributed by atoms with Crippen LogP contribution >= 0.6 is 23.2 Å². The van der Waals surface area contributed by atoms with Crippen molar-refractivity contribution in [3.8, 4) is 0 Å². The molecule has 1 aliphatic rings. The predicted molar refractivity (Wildman–Crippen MR) is 76.5 cm³/mol. The van der Waals surface area contributed by atoms with Crippen molar-refractivity contribution in [3.05, 3.63) is 29.0 Å². The van der Waals surface area contributed by atoms with Crippen LogP contribution in [0.5, 0.6) is 0 Å². The highest BCUT2D eigenvalue weighted by Gasteiger charge is 2.38. The van der Waals surface area contributed by atoms with E-state index in [0.29, 0.717) is 11.3 Å². The number of halogens is 2. The summed E-state index contributed by atoms with van der Waals surface area (Å²) >= 11 is 11.9. The van der Waals surface area contributed by atoms with Gasteiger partial charge in [-0.1, -0.05) is 18.5 Å². The molecule has 2 nitrogen and oxygen atoms in total. The molecule has 0 unspecified atom stereocenters. The number of benzene rings is 1. The Balaban J connectivity index is 2.09. The molecule has 0 aliphatic heterocycles. The number of aromatic nitrogens is 2. The monoisotopic (exact) mass is 282 g/mol. The van der Waals surface area contributed by atoms with E-state index in [1.807, 2.05) is 12.1 Å². The number of alkyl halides is 1. The normalized spacial score (nSPS) is 17.3. The summed E-state index contributed by atoms with van der Waals surface area (Å²) in [4.78, 5) is 4.67. The molecule has 0 radical (unpaired) electrons. The zero-order chi connectivity index (χ0) is 12.8. The molecule has 18 heavy (non-hydrogen) atoms. The van der Waals surface area contributed by atoms with Crippen molar-refractivity contribution in [2.24, 2.45) is 5.41 Å². The molecule has 1 saturated carbocycles. The molecule has 1 heterocycles. The second kappa shape index (κ2) is 4.43. The van der Waals surface area contributed by atoms with Crippen molar-refractivity contribution in [2.75, 3.05) is 5.88 Å². The van der Waals surface area contributed by atoms with Gasteiger partial charge < -0.3 is 4.57 Å². The molecule has 96 valence electrons. The van der Waals surface area contributed by atoms with Gasteiger partial charge >= 0.3 is 0 Å². The van der Waals surface area contributed by atoms with Gasteiger partial charge in [-0.15, -0.1) is 11.6 Å². The molecule has 0 bridgehead atoms. The molecule has 0 amide bonds. The van der Waals surface area contributed by atoms with Gasteiger partial charge in [0.25, 0.3) is 0 Å². The fourth-order valence-corrected chi connectivity index (χ4v) is 2.69. The van der Waals surface area contributed by atoms with Gasteiger partial charge in [0, 0.05) is 23.9 Å². The standard InChI is InChI=1S/C14H16Cl2N2/c1-14(5-6-14)9-18-12-3-2-10(16)8-11(12)17-13(18)4-7-15/h2-3,8H,4-7,9H2,1H3. The number of rotatable bonds is 4. The van der Waals surface area contributed by atoms with E-state index in [0.717, 1.165) is 29.3 Å². The van der Waals surface area contributed by atoms with Crippen LogP contribution in [-0.2, 0) is 13.0 Å². The number of aryl methyl sites for hydroxylation is 1. The van der Waals surface area contributed by atoms with Crippen LogP contribution in [0.4, 0.5) is 0 Å². The maximum Gasteiger partial charge on any atom is 0.111 e. The van der Waals surface area contributed by atoms with Crippen LogP contribution < -0.4 is 0 Å². The molecular weight excluding hydrogens is 267 g/mol. The van der Waals surface area contributed by atoms with E-state index < -0.39 is 0 Å². The van der Waals surface area contributed by atoms with Crippen molar-refractivity contribution in [1.82, 2.24) is 9.55 Å². The van der Waals surface area contributed by atoms with Crippen molar-refractivity contribution >= 4 is 34.2 Å². The van der Waals surface area contributed by atoms with Crippen molar-refractivity contribution in [2.45, 2.75) is 32.7 Å². The van der Waals surface area contributed by atoms with Crippen LogP contribution in [0.2, 0.25) is 5.02 Å². The fourth-order valence-electron chi connectivity index (χ4n) is 2.36. The molecule has 1 aromatic heterocycles. The Bertz CT molecular complexity index is 585. The van der Waals surface area contributed by atoms with E-state index in [2.05, 4.69) is 22.5 Å². The minimum Gasteiger partial charge on any atom is -0.327 e. The Labute approximate surface area is 117 Å². The molecule has 0 atom stereocenters. The minimum absolute atomic E-state index is 0.453. The Morgan fingerprint density at radius 3 is 2.83 bits per heavy atom. The Hall–Kier alpha value is -0.730. The van der Waals surface area contributed by atoms with Crippen LogP contribution in [0.15, 0.2) is 18.2 Å². The summed E-state index contributed by atoms with van der Waals surface area (Å²) in [6.45, 7) is 3.37. The lowest BCUT2D eigenvalue weighted by Gasteiger charge is -2.13. The maximum atomic E-state index is 6.03. The molecule has 4 heteroatoms. The van der Waals surface area contributed by atoms with E-state index >= 15 is 0 Å². The Morgan fingerprint density at radius 1 is 1.39 bits per heavy atom. The van der Waals surface area contributed by atoms with Crippen LogP contribution in [0.1, 0.15) is 25.6 Å². The van der Waals surface area contributed by atoms with Gasteiger partial charge in [-0.2, -0.15) is 0 Å². The molecule has 1 aliphatic carbocycles. The molecule has 0 spiro atoms. The summed E-state index contributed by atoms with van der Waals surface area (Å²) in [6, 6.07) is 5.93. The molecular formula is C14H16Cl2N2. The highest BCUT2D eigenvalue weighted by atomic mass is 35.5. The van der Waals surface area contributed by atoms with Crippen LogP contribution in [-0.4, -0.2) is 15.4 Å². The van der Waals surface area contributed by atoms with E-state index in [9.17, 15) is 0 Å². The summed E-state index contributed by atoms with van der Waals surface area (Å²) in [7, 11) is 0. The maximum absolute atomic E-state index is 6.03. The first-order valence-corrected chi connectivity index (χ1v) is 7.23. The first kappa shape index (κ1) is 12.3. The molecule has 1 aromatic carbocycles. The zero-order valence-electron chi connectivity index (χ0n) is 10.4. The van der Waals surface area contributed by atoms with Crippen molar-refractivity contribution in [1.29, 1.82) is 0 Å². The van der Waals surface area contributed by atoms with Gasteiger partial charge in [0.1, 0.15) is 5.82 Å². The highest BCUT2D eigenvalue weighted by Crippen LogP contribution is 2.47. The molecule has 0 saturated heterocycles. The Kier molecular flexibility index (Phi) is 3.03. The summed E-state index contributed by atoms with van der Waals surface area (Å²) in [5.74, 6) is 1.68. The van der Waals surface area contributed by atoms with Crippen molar-refractivity contribution < 1.29 is 0 Å². The van der Waals surface area contributed by atoms with Gasteiger partial charge in [-0.25, -0.2) is 4.98 Å². The number of hydrogen-bond acceptors (Lipinski definition) is 1. The molecule has 0 N–H and O–H groups in total. The summed E-state index contributed by atoms with van der Waals surface area (Å²) in [6.07, 6.45) is 3.42. The number of nitrogens with zero attached hydrogens (tertiary/aromatic N) is 2. The lowest BCUT2D eigenvalue weighted by atomic mass is 10.1. The topological polar surface area (TPSA) is 17.8 Å². The third-order valence-electron chi connectivity index (χ3n) is 3.75. The lowest BCUT2D eigenvalue weighted by molar-refractivity contribution is 0.462. The molecule has 2 aromatic rings. The minimum atomic E-state index is 0.453. The quantitative estimate of drug-likeness (QED) is 0.766. The highest BCUT2D eigenvalue weighted by molar-refractivity contribution is 6.31. The molecule has 1 fully saturated rings. The largest absolute Gasteiger partial charge is 0.327 e. The van der Waals surface area contributed by atoms with Gasteiger partial charge in [0.05, 0.1) is 11.0 Å². The second-order valence-corrected chi connectivity index (χ2v) is 6.31. The predicted octanol–water partition coefficient (Wildman–Crippen LogP) is 4.27. The van der Waals surface area contributed by atoms with Crippen LogP contribution in [0.25, 0.3) is 11.0 Å². The zero-order valence-corrected chi connectivity index (χ0v) is 11.9. The van der Waals surface area contributed by atoms with Gasteiger partial charge in [0.2, 0.25) is 0 Å². The fraction of sp³-hybridized carbons (Fsp3) is 0.500. The second-order valence-electron chi connectivity index (χ2n) is 5.50. The molecule has 3 rings (SSSR count). The third kappa shape index (κ3) is 2.24. The average molecular weight is 283 g/mol. The number of fused-ring (bicyclic) bond motifs is 1. The van der Waals surface area contributed by atoms with Gasteiger partial charge in [-0.05, 0) is 36.5 Å². The number of hydrogen-bond donors (Lipinski definition) is 0. The summed E-state index contributed by atoms with van der Waals surface area (Å²) in [5.41, 5.74) is 2.61. The first-order chi connectivity index (χ1) is 8.61. The van der Waals surface area contributed by atoms with E-state index in [1.165, 1.54) is 18.4 Å². The number of imidazole rings is 1. The van der Waals surface area contributed by atoms with Crippen LogP contribution in [0.3, 0.4) is 0 Å². The lowest BCUT2D eigenvalue weighted by Crippen LogP contribution is -2.11.